The number of carbonyl (C=O) groups is 1. The first kappa shape index (κ1) is 13.8. The van der Waals surface area contributed by atoms with Gasteiger partial charge in [-0.05, 0) is 12.1 Å². The minimum Gasteiger partial charge on any atom is -0.322 e. The van der Waals surface area contributed by atoms with E-state index in [1.807, 2.05) is 0 Å². The zero-order valence-corrected chi connectivity index (χ0v) is 11.4. The van der Waals surface area contributed by atoms with Gasteiger partial charge in [-0.2, -0.15) is 4.31 Å². The average molecular weight is 284 g/mol. The van der Waals surface area contributed by atoms with Crippen LogP contribution in [0.25, 0.3) is 0 Å². The Morgan fingerprint density at radius 3 is 2.53 bits per heavy atom. The fourth-order valence-corrected chi connectivity index (χ4v) is 2.69. The highest BCUT2D eigenvalue weighted by Gasteiger charge is 2.25. The summed E-state index contributed by atoms with van der Waals surface area (Å²) >= 11 is 0. The fourth-order valence-electron chi connectivity index (χ4n) is 1.86. The van der Waals surface area contributed by atoms with Crippen LogP contribution in [-0.4, -0.2) is 61.1 Å². The Hall–Kier alpha value is -1.67. The van der Waals surface area contributed by atoms with Crippen LogP contribution in [0, 0.1) is 0 Å². The lowest BCUT2D eigenvalue weighted by atomic mass is 10.4. The zero-order chi connectivity index (χ0) is 13.9. The largest absolute Gasteiger partial charge is 0.322 e. The van der Waals surface area contributed by atoms with Crippen LogP contribution in [0.1, 0.15) is 0 Å². The van der Waals surface area contributed by atoms with Crippen molar-refractivity contribution in [3.05, 3.63) is 24.5 Å². The van der Waals surface area contributed by atoms with Gasteiger partial charge in [-0.25, -0.2) is 13.2 Å². The molecule has 2 heterocycles. The van der Waals surface area contributed by atoms with Crippen molar-refractivity contribution in [3.8, 4) is 0 Å². The van der Waals surface area contributed by atoms with Crippen molar-refractivity contribution >= 4 is 21.7 Å². The number of hydrogen-bond donors (Lipinski definition) is 1. The predicted octanol–water partition coefficient (Wildman–Crippen LogP) is 0.191. The molecule has 0 unspecified atom stereocenters. The Bertz CT molecular complexity index is 538. The van der Waals surface area contributed by atoms with Gasteiger partial charge in [0.1, 0.15) is 0 Å². The van der Waals surface area contributed by atoms with Crippen LogP contribution in [0.4, 0.5) is 10.5 Å². The molecule has 1 aliphatic rings. The van der Waals surface area contributed by atoms with Gasteiger partial charge >= 0.3 is 6.03 Å². The van der Waals surface area contributed by atoms with Crippen LogP contribution in [0.2, 0.25) is 0 Å². The van der Waals surface area contributed by atoms with E-state index in [4.69, 9.17) is 0 Å². The summed E-state index contributed by atoms with van der Waals surface area (Å²) in [7, 11) is -3.17. The highest BCUT2D eigenvalue weighted by atomic mass is 32.2. The third kappa shape index (κ3) is 3.65. The molecule has 19 heavy (non-hydrogen) atoms. The van der Waals surface area contributed by atoms with Crippen LogP contribution >= 0.6 is 0 Å². The van der Waals surface area contributed by atoms with Crippen molar-refractivity contribution < 1.29 is 13.2 Å². The SMILES string of the molecule is CS(=O)(=O)N1CCN(C(=O)Nc2cccnc2)CC1. The van der Waals surface area contributed by atoms with E-state index in [9.17, 15) is 13.2 Å². The number of pyridine rings is 1. The monoisotopic (exact) mass is 284 g/mol. The second kappa shape index (κ2) is 5.54. The van der Waals surface area contributed by atoms with Gasteiger partial charge in [0.25, 0.3) is 0 Å². The maximum Gasteiger partial charge on any atom is 0.321 e. The van der Waals surface area contributed by atoms with Crippen LogP contribution < -0.4 is 5.32 Å². The Balaban J connectivity index is 1.90. The quantitative estimate of drug-likeness (QED) is 0.840. The summed E-state index contributed by atoms with van der Waals surface area (Å²) in [5.74, 6) is 0. The van der Waals surface area contributed by atoms with E-state index in [-0.39, 0.29) is 6.03 Å². The van der Waals surface area contributed by atoms with Gasteiger partial charge in [-0.3, -0.25) is 4.98 Å². The molecule has 2 amide bonds. The summed E-state index contributed by atoms with van der Waals surface area (Å²) in [6.07, 6.45) is 4.36. The molecule has 1 aromatic heterocycles. The lowest BCUT2D eigenvalue weighted by Crippen LogP contribution is -2.51. The Kier molecular flexibility index (Phi) is 4.01. The maximum absolute atomic E-state index is 11.9. The Morgan fingerprint density at radius 2 is 2.00 bits per heavy atom. The number of sulfonamides is 1. The molecule has 0 bridgehead atoms. The van der Waals surface area contributed by atoms with Gasteiger partial charge in [0.15, 0.2) is 0 Å². The smallest absolute Gasteiger partial charge is 0.321 e. The summed E-state index contributed by atoms with van der Waals surface area (Å²) in [6, 6.07) is 3.25. The van der Waals surface area contributed by atoms with E-state index >= 15 is 0 Å². The number of anilines is 1. The van der Waals surface area contributed by atoms with Crippen molar-refractivity contribution in [3.63, 3.8) is 0 Å². The van der Waals surface area contributed by atoms with Gasteiger partial charge in [-0.15, -0.1) is 0 Å². The summed E-state index contributed by atoms with van der Waals surface area (Å²) in [5.41, 5.74) is 0.623. The molecule has 2 rings (SSSR count). The average Bonchev–Trinajstić information content (AvgIpc) is 2.39. The second-order valence-electron chi connectivity index (χ2n) is 4.32. The molecule has 0 saturated carbocycles. The number of nitrogens with zero attached hydrogens (tertiary/aromatic N) is 3. The van der Waals surface area contributed by atoms with Crippen molar-refractivity contribution in [2.45, 2.75) is 0 Å². The van der Waals surface area contributed by atoms with E-state index in [0.717, 1.165) is 0 Å². The molecule has 0 aliphatic carbocycles. The van der Waals surface area contributed by atoms with Crippen molar-refractivity contribution in [2.75, 3.05) is 37.8 Å². The molecule has 0 atom stereocenters. The molecule has 1 fully saturated rings. The first-order valence-corrected chi connectivity index (χ1v) is 7.73. The zero-order valence-electron chi connectivity index (χ0n) is 10.6. The van der Waals surface area contributed by atoms with Crippen molar-refractivity contribution in [1.82, 2.24) is 14.2 Å². The van der Waals surface area contributed by atoms with Crippen LogP contribution in [-0.2, 0) is 10.0 Å². The van der Waals surface area contributed by atoms with Crippen LogP contribution in [0.15, 0.2) is 24.5 Å². The number of urea groups is 1. The van der Waals surface area contributed by atoms with Gasteiger partial charge in [0, 0.05) is 32.4 Å². The minimum atomic E-state index is -3.17. The van der Waals surface area contributed by atoms with Crippen molar-refractivity contribution in [1.29, 1.82) is 0 Å². The molecule has 0 radical (unpaired) electrons. The molecular formula is C11H16N4O3S. The van der Waals surface area contributed by atoms with Gasteiger partial charge < -0.3 is 10.2 Å². The van der Waals surface area contributed by atoms with Gasteiger partial charge in [-0.1, -0.05) is 0 Å². The third-order valence-electron chi connectivity index (χ3n) is 2.91. The molecule has 1 aliphatic heterocycles. The van der Waals surface area contributed by atoms with E-state index in [0.29, 0.717) is 31.9 Å². The Labute approximate surface area is 112 Å². The van der Waals surface area contributed by atoms with E-state index in [2.05, 4.69) is 10.3 Å². The standard InChI is InChI=1S/C11H16N4O3S/c1-19(17,18)15-7-5-14(6-8-15)11(16)13-10-3-2-4-12-9-10/h2-4,9H,5-8H2,1H3,(H,13,16). The molecule has 1 saturated heterocycles. The molecule has 1 N–H and O–H groups in total. The number of piperazine rings is 1. The lowest BCUT2D eigenvalue weighted by molar-refractivity contribution is 0.184. The molecule has 7 nitrogen and oxygen atoms in total. The molecule has 8 heteroatoms. The molecular weight excluding hydrogens is 268 g/mol. The van der Waals surface area contributed by atoms with E-state index in [1.54, 1.807) is 29.4 Å². The normalized spacial score (nSPS) is 17.2. The minimum absolute atomic E-state index is 0.235. The number of carbonyl (C=O) groups excluding carboxylic acids is 1. The third-order valence-corrected chi connectivity index (χ3v) is 4.21. The molecule has 0 aromatic carbocycles. The molecule has 104 valence electrons. The highest BCUT2D eigenvalue weighted by Crippen LogP contribution is 2.09. The lowest BCUT2D eigenvalue weighted by Gasteiger charge is -2.33. The number of rotatable bonds is 2. The second-order valence-corrected chi connectivity index (χ2v) is 6.30. The first-order valence-electron chi connectivity index (χ1n) is 5.88. The summed E-state index contributed by atoms with van der Waals surface area (Å²) in [6.45, 7) is 1.44. The van der Waals surface area contributed by atoms with Gasteiger partial charge in [0.2, 0.25) is 10.0 Å². The highest BCUT2D eigenvalue weighted by molar-refractivity contribution is 7.88. The fraction of sp³-hybridized carbons (Fsp3) is 0.455. The number of amides is 2. The van der Waals surface area contributed by atoms with E-state index < -0.39 is 10.0 Å². The van der Waals surface area contributed by atoms with Crippen LogP contribution in [0.5, 0.6) is 0 Å². The van der Waals surface area contributed by atoms with Crippen LogP contribution in [0.3, 0.4) is 0 Å². The summed E-state index contributed by atoms with van der Waals surface area (Å²) < 4.78 is 24.1. The van der Waals surface area contributed by atoms with Gasteiger partial charge in [0.05, 0.1) is 18.1 Å². The summed E-state index contributed by atoms with van der Waals surface area (Å²) in [5, 5.41) is 2.72. The number of aromatic nitrogens is 1. The first-order chi connectivity index (χ1) is 8.97. The topological polar surface area (TPSA) is 82.6 Å². The number of hydrogen-bond acceptors (Lipinski definition) is 4. The Morgan fingerprint density at radius 1 is 1.32 bits per heavy atom. The molecule has 0 spiro atoms. The van der Waals surface area contributed by atoms with E-state index in [1.165, 1.54) is 10.6 Å². The van der Waals surface area contributed by atoms with Crippen molar-refractivity contribution in [2.24, 2.45) is 0 Å². The summed E-state index contributed by atoms with van der Waals surface area (Å²) in [4.78, 5) is 17.4. The molecule has 1 aromatic rings. The predicted molar refractivity (Wildman–Crippen MR) is 71.2 cm³/mol. The number of nitrogens with one attached hydrogen (secondary N) is 1. The maximum atomic E-state index is 11.9.